The van der Waals surface area contributed by atoms with Gasteiger partial charge in [-0.2, -0.15) is 5.26 Å². The summed E-state index contributed by atoms with van der Waals surface area (Å²) in [6, 6.07) is 22.6. The number of hydrogen-bond donors (Lipinski definition) is 0. The molecule has 0 bridgehead atoms. The maximum atomic E-state index is 8.94. The van der Waals surface area contributed by atoms with Crippen LogP contribution < -0.4 is 4.74 Å². The second-order valence-electron chi connectivity index (χ2n) is 5.57. The second kappa shape index (κ2) is 8.32. The van der Waals surface area contributed by atoms with E-state index in [1.54, 1.807) is 0 Å². The predicted octanol–water partition coefficient (Wildman–Crippen LogP) is 6.30. The Morgan fingerprint density at radius 3 is 2.12 bits per heavy atom. The SMILES string of the molecule is CC/C=C/COc1ccc(-c2ccc(-c3ccc(C#N)s3)cc2)cc1. The fourth-order valence-corrected chi connectivity index (χ4v) is 3.31. The number of nitrogens with zero attached hydrogens (tertiary/aromatic N) is 1. The van der Waals surface area contributed by atoms with Crippen LogP contribution in [0.3, 0.4) is 0 Å². The van der Waals surface area contributed by atoms with Gasteiger partial charge in [0.1, 0.15) is 23.3 Å². The number of benzene rings is 2. The summed E-state index contributed by atoms with van der Waals surface area (Å²) in [6.45, 7) is 2.71. The molecule has 0 radical (unpaired) electrons. The molecular weight excluding hydrogens is 326 g/mol. The molecule has 0 fully saturated rings. The van der Waals surface area contributed by atoms with Gasteiger partial charge in [-0.1, -0.05) is 55.5 Å². The summed E-state index contributed by atoms with van der Waals surface area (Å²) < 4.78 is 5.68. The first-order chi connectivity index (χ1) is 12.3. The Labute approximate surface area is 152 Å². The third-order valence-electron chi connectivity index (χ3n) is 3.82. The summed E-state index contributed by atoms with van der Waals surface area (Å²) in [5.74, 6) is 0.878. The minimum Gasteiger partial charge on any atom is -0.490 e. The van der Waals surface area contributed by atoms with Gasteiger partial charge in [-0.3, -0.25) is 0 Å². The molecule has 3 rings (SSSR count). The first-order valence-electron chi connectivity index (χ1n) is 8.29. The molecule has 3 aromatic rings. The van der Waals surface area contributed by atoms with Crippen molar-refractivity contribution in [3.8, 4) is 33.4 Å². The van der Waals surface area contributed by atoms with Crippen molar-refractivity contribution in [1.82, 2.24) is 0 Å². The van der Waals surface area contributed by atoms with Crippen LogP contribution in [0.15, 0.2) is 72.8 Å². The van der Waals surface area contributed by atoms with E-state index in [2.05, 4.69) is 55.5 Å². The lowest BCUT2D eigenvalue weighted by Gasteiger charge is -2.06. The summed E-state index contributed by atoms with van der Waals surface area (Å²) in [5.41, 5.74) is 3.46. The molecule has 25 heavy (non-hydrogen) atoms. The van der Waals surface area contributed by atoms with Crippen LogP contribution in [-0.2, 0) is 0 Å². The Kier molecular flexibility index (Phi) is 5.66. The van der Waals surface area contributed by atoms with E-state index in [1.165, 1.54) is 16.9 Å². The Morgan fingerprint density at radius 2 is 1.52 bits per heavy atom. The largest absolute Gasteiger partial charge is 0.490 e. The summed E-state index contributed by atoms with van der Waals surface area (Å²) in [5, 5.41) is 8.94. The lowest BCUT2D eigenvalue weighted by atomic mass is 10.0. The van der Waals surface area contributed by atoms with E-state index in [9.17, 15) is 0 Å². The van der Waals surface area contributed by atoms with Gasteiger partial charge in [0.15, 0.2) is 0 Å². The monoisotopic (exact) mass is 345 g/mol. The lowest BCUT2D eigenvalue weighted by molar-refractivity contribution is 0.362. The van der Waals surface area contributed by atoms with E-state index in [4.69, 9.17) is 10.00 Å². The molecule has 3 heteroatoms. The van der Waals surface area contributed by atoms with Crippen molar-refractivity contribution < 1.29 is 4.74 Å². The average Bonchev–Trinajstić information content (AvgIpc) is 3.15. The van der Waals surface area contributed by atoms with E-state index < -0.39 is 0 Å². The average molecular weight is 345 g/mol. The molecule has 0 aliphatic heterocycles. The molecule has 0 aliphatic carbocycles. The summed E-state index contributed by atoms with van der Waals surface area (Å²) in [7, 11) is 0. The number of thiophene rings is 1. The fraction of sp³-hybridized carbons (Fsp3) is 0.136. The van der Waals surface area contributed by atoms with Crippen LogP contribution in [0.4, 0.5) is 0 Å². The lowest BCUT2D eigenvalue weighted by Crippen LogP contribution is -1.92. The van der Waals surface area contributed by atoms with E-state index >= 15 is 0 Å². The Morgan fingerprint density at radius 1 is 0.880 bits per heavy atom. The third kappa shape index (κ3) is 4.37. The molecule has 0 unspecified atom stereocenters. The molecule has 0 aliphatic rings. The second-order valence-corrected chi connectivity index (χ2v) is 6.65. The summed E-state index contributed by atoms with van der Waals surface area (Å²) in [4.78, 5) is 1.86. The van der Waals surface area contributed by atoms with Gasteiger partial charge in [-0.05, 0) is 47.4 Å². The third-order valence-corrected chi connectivity index (χ3v) is 4.86. The molecule has 0 atom stereocenters. The number of allylic oxidation sites excluding steroid dienone is 1. The minimum atomic E-state index is 0.605. The first-order valence-corrected chi connectivity index (χ1v) is 9.10. The van der Waals surface area contributed by atoms with E-state index in [0.29, 0.717) is 6.61 Å². The zero-order chi connectivity index (χ0) is 17.5. The standard InChI is InChI=1S/C22H19NOS/c1-2-3-4-15-24-20-11-9-18(10-12-20)17-5-7-19(8-6-17)22-14-13-21(16-23)25-22/h3-14H,2,15H2,1H3/b4-3+. The van der Waals surface area contributed by atoms with Crippen molar-refractivity contribution >= 4 is 11.3 Å². The molecular formula is C22H19NOS. The van der Waals surface area contributed by atoms with Crippen molar-refractivity contribution in [3.05, 3.63) is 77.7 Å². The highest BCUT2D eigenvalue weighted by Gasteiger charge is 2.04. The highest BCUT2D eigenvalue weighted by molar-refractivity contribution is 7.16. The van der Waals surface area contributed by atoms with Crippen molar-refractivity contribution in [1.29, 1.82) is 5.26 Å². The van der Waals surface area contributed by atoms with Crippen molar-refractivity contribution in [3.63, 3.8) is 0 Å². The molecule has 0 spiro atoms. The van der Waals surface area contributed by atoms with Crippen molar-refractivity contribution in [2.75, 3.05) is 6.61 Å². The molecule has 2 aromatic carbocycles. The summed E-state index contributed by atoms with van der Waals surface area (Å²) >= 11 is 1.52. The van der Waals surface area contributed by atoms with Crippen LogP contribution in [0.25, 0.3) is 21.6 Å². The maximum Gasteiger partial charge on any atom is 0.119 e. The van der Waals surface area contributed by atoms with Crippen molar-refractivity contribution in [2.45, 2.75) is 13.3 Å². The number of hydrogen-bond acceptors (Lipinski definition) is 3. The number of nitriles is 1. The van der Waals surface area contributed by atoms with E-state index in [0.717, 1.165) is 33.1 Å². The Hall–Kier alpha value is -2.83. The van der Waals surface area contributed by atoms with Gasteiger partial charge in [0, 0.05) is 4.88 Å². The maximum absolute atomic E-state index is 8.94. The first kappa shape index (κ1) is 17.0. The van der Waals surface area contributed by atoms with Gasteiger partial charge in [0.25, 0.3) is 0 Å². The van der Waals surface area contributed by atoms with Gasteiger partial charge in [0.2, 0.25) is 0 Å². The van der Waals surface area contributed by atoms with Gasteiger partial charge in [-0.15, -0.1) is 11.3 Å². The van der Waals surface area contributed by atoms with Crippen LogP contribution in [0.2, 0.25) is 0 Å². The quantitative estimate of drug-likeness (QED) is 0.491. The van der Waals surface area contributed by atoms with Crippen molar-refractivity contribution in [2.24, 2.45) is 0 Å². The molecule has 0 saturated carbocycles. The van der Waals surface area contributed by atoms with Crippen LogP contribution in [0, 0.1) is 11.3 Å². The molecule has 2 nitrogen and oxygen atoms in total. The molecule has 1 aromatic heterocycles. The molecule has 0 amide bonds. The van der Waals surface area contributed by atoms with E-state index in [1.807, 2.05) is 30.3 Å². The highest BCUT2D eigenvalue weighted by Crippen LogP contribution is 2.30. The molecule has 0 saturated heterocycles. The Bertz CT molecular complexity index is 883. The number of rotatable bonds is 6. The molecule has 1 heterocycles. The van der Waals surface area contributed by atoms with Gasteiger partial charge >= 0.3 is 0 Å². The minimum absolute atomic E-state index is 0.605. The smallest absolute Gasteiger partial charge is 0.119 e. The zero-order valence-electron chi connectivity index (χ0n) is 14.1. The van der Waals surface area contributed by atoms with E-state index in [-0.39, 0.29) is 0 Å². The normalized spacial score (nSPS) is 10.7. The Balaban J connectivity index is 1.69. The fourth-order valence-electron chi connectivity index (χ4n) is 2.50. The molecule has 0 N–H and O–H groups in total. The van der Waals surface area contributed by atoms with Crippen LogP contribution >= 0.6 is 11.3 Å². The predicted molar refractivity (Wildman–Crippen MR) is 105 cm³/mol. The molecule has 124 valence electrons. The van der Waals surface area contributed by atoms with Gasteiger partial charge in [0.05, 0.1) is 0 Å². The van der Waals surface area contributed by atoms with Gasteiger partial charge in [-0.25, -0.2) is 0 Å². The van der Waals surface area contributed by atoms with Crippen LogP contribution in [0.1, 0.15) is 18.2 Å². The van der Waals surface area contributed by atoms with Crippen LogP contribution in [0.5, 0.6) is 5.75 Å². The zero-order valence-corrected chi connectivity index (χ0v) is 14.9. The van der Waals surface area contributed by atoms with Gasteiger partial charge < -0.3 is 4.74 Å². The summed E-state index contributed by atoms with van der Waals surface area (Å²) in [6.07, 6.45) is 5.17. The van der Waals surface area contributed by atoms with Crippen LogP contribution in [-0.4, -0.2) is 6.61 Å². The topological polar surface area (TPSA) is 33.0 Å². The highest BCUT2D eigenvalue weighted by atomic mass is 32.1. The number of ether oxygens (including phenoxy) is 1.